The van der Waals surface area contributed by atoms with E-state index < -0.39 is 0 Å². The largest absolute Gasteiger partial charge is 0.338 e. The molecule has 1 fully saturated rings. The van der Waals surface area contributed by atoms with Crippen LogP contribution in [-0.4, -0.2) is 30.4 Å². The topological polar surface area (TPSA) is 32.3 Å². The van der Waals surface area contributed by atoms with Gasteiger partial charge in [0, 0.05) is 19.6 Å². The summed E-state index contributed by atoms with van der Waals surface area (Å²) in [5.41, 5.74) is 0.995. The average Bonchev–Trinajstić information content (AvgIpc) is 2.56. The maximum absolute atomic E-state index is 13.0. The molecule has 1 aromatic rings. The molecule has 1 aliphatic heterocycles. The highest BCUT2D eigenvalue weighted by atomic mass is 35.5. The van der Waals surface area contributed by atoms with Crippen LogP contribution in [0.2, 0.25) is 0 Å². The van der Waals surface area contributed by atoms with Crippen molar-refractivity contribution in [1.29, 1.82) is 0 Å². The predicted molar refractivity (Wildman–Crippen MR) is 94.2 cm³/mol. The standard InChI is InChI=1S/C18H27FN2O.ClH/c1-2-3-4-12-21(14-15-7-9-17(19)10-8-15)18(22)16-6-5-11-20-13-16;/h7-10,16,20H,2-6,11-14H2,1H3;1H. The molecule has 1 heterocycles. The first-order chi connectivity index (χ1) is 10.7. The lowest BCUT2D eigenvalue weighted by Gasteiger charge is -2.30. The van der Waals surface area contributed by atoms with Gasteiger partial charge in [0.05, 0.1) is 5.92 Å². The van der Waals surface area contributed by atoms with E-state index in [0.29, 0.717) is 6.54 Å². The van der Waals surface area contributed by atoms with Crippen LogP contribution in [0.4, 0.5) is 4.39 Å². The Morgan fingerprint density at radius 1 is 1.30 bits per heavy atom. The number of hydrogen-bond donors (Lipinski definition) is 1. The molecule has 1 atom stereocenters. The van der Waals surface area contributed by atoms with Crippen molar-refractivity contribution < 1.29 is 9.18 Å². The quantitative estimate of drug-likeness (QED) is 0.765. The number of nitrogens with zero attached hydrogens (tertiary/aromatic N) is 1. The van der Waals surface area contributed by atoms with Crippen LogP contribution in [0.25, 0.3) is 0 Å². The summed E-state index contributed by atoms with van der Waals surface area (Å²) in [5, 5.41) is 3.31. The van der Waals surface area contributed by atoms with Gasteiger partial charge in [0.1, 0.15) is 5.82 Å². The number of rotatable bonds is 7. The Labute approximate surface area is 145 Å². The molecule has 1 aromatic carbocycles. The van der Waals surface area contributed by atoms with Crippen LogP contribution in [0.5, 0.6) is 0 Å². The van der Waals surface area contributed by atoms with Crippen molar-refractivity contribution in [2.45, 2.75) is 45.6 Å². The maximum Gasteiger partial charge on any atom is 0.227 e. The van der Waals surface area contributed by atoms with Gasteiger partial charge >= 0.3 is 0 Å². The number of hydrogen-bond acceptors (Lipinski definition) is 2. The highest BCUT2D eigenvalue weighted by Gasteiger charge is 2.25. The van der Waals surface area contributed by atoms with Gasteiger partial charge in [-0.3, -0.25) is 4.79 Å². The van der Waals surface area contributed by atoms with Gasteiger partial charge in [-0.05, 0) is 43.5 Å². The first-order valence-electron chi connectivity index (χ1n) is 8.44. The number of unbranched alkanes of at least 4 members (excludes halogenated alkanes) is 2. The van der Waals surface area contributed by atoms with Crippen molar-refractivity contribution in [2.75, 3.05) is 19.6 Å². The second-order valence-electron chi connectivity index (χ2n) is 6.14. The summed E-state index contributed by atoms with van der Waals surface area (Å²) in [4.78, 5) is 14.7. The molecule has 0 saturated carbocycles. The van der Waals surface area contributed by atoms with E-state index in [4.69, 9.17) is 0 Å². The van der Waals surface area contributed by atoms with Gasteiger partial charge in [-0.1, -0.05) is 31.9 Å². The van der Waals surface area contributed by atoms with Crippen LogP contribution in [0.3, 0.4) is 0 Å². The average molecular weight is 343 g/mol. The molecule has 23 heavy (non-hydrogen) atoms. The second kappa shape index (κ2) is 10.6. The molecule has 1 amide bonds. The van der Waals surface area contributed by atoms with Crippen molar-refractivity contribution in [3.05, 3.63) is 35.6 Å². The number of piperidine rings is 1. The number of carbonyl (C=O) groups excluding carboxylic acids is 1. The normalized spacial score (nSPS) is 17.4. The fraction of sp³-hybridized carbons (Fsp3) is 0.611. The van der Waals surface area contributed by atoms with E-state index in [1.165, 1.54) is 12.1 Å². The van der Waals surface area contributed by atoms with Gasteiger partial charge in [0.15, 0.2) is 0 Å². The Bertz CT molecular complexity index is 461. The third kappa shape index (κ3) is 6.48. The second-order valence-corrected chi connectivity index (χ2v) is 6.14. The lowest BCUT2D eigenvalue weighted by molar-refractivity contribution is -0.136. The predicted octanol–water partition coefficient (Wildman–Crippen LogP) is 3.77. The lowest BCUT2D eigenvalue weighted by Crippen LogP contribution is -2.43. The van der Waals surface area contributed by atoms with Gasteiger partial charge in [-0.25, -0.2) is 4.39 Å². The summed E-state index contributed by atoms with van der Waals surface area (Å²) in [5.74, 6) is 0.104. The molecule has 2 rings (SSSR count). The number of carbonyl (C=O) groups is 1. The van der Waals surface area contributed by atoms with Crippen molar-refractivity contribution in [3.8, 4) is 0 Å². The van der Waals surface area contributed by atoms with E-state index in [1.807, 2.05) is 4.90 Å². The molecule has 1 N–H and O–H groups in total. The van der Waals surface area contributed by atoms with Crippen LogP contribution in [0, 0.1) is 11.7 Å². The fourth-order valence-electron chi connectivity index (χ4n) is 2.95. The summed E-state index contributed by atoms with van der Waals surface area (Å²) < 4.78 is 13.0. The van der Waals surface area contributed by atoms with Crippen molar-refractivity contribution in [2.24, 2.45) is 5.92 Å². The Kier molecular flexibility index (Phi) is 9.19. The summed E-state index contributed by atoms with van der Waals surface area (Å²) in [7, 11) is 0. The smallest absolute Gasteiger partial charge is 0.227 e. The molecule has 1 unspecified atom stereocenters. The van der Waals surface area contributed by atoms with Gasteiger partial charge < -0.3 is 10.2 Å². The Morgan fingerprint density at radius 2 is 2.04 bits per heavy atom. The zero-order valence-electron chi connectivity index (χ0n) is 13.9. The molecule has 130 valence electrons. The van der Waals surface area contributed by atoms with Gasteiger partial charge in [0.25, 0.3) is 0 Å². The van der Waals surface area contributed by atoms with E-state index in [2.05, 4.69) is 12.2 Å². The van der Waals surface area contributed by atoms with Gasteiger partial charge in [-0.2, -0.15) is 0 Å². The molecule has 1 saturated heterocycles. The van der Waals surface area contributed by atoms with E-state index in [0.717, 1.165) is 57.3 Å². The monoisotopic (exact) mass is 342 g/mol. The molecular formula is C18H28ClFN2O. The van der Waals surface area contributed by atoms with E-state index in [1.54, 1.807) is 12.1 Å². The first-order valence-corrected chi connectivity index (χ1v) is 8.44. The number of benzene rings is 1. The van der Waals surface area contributed by atoms with E-state index in [9.17, 15) is 9.18 Å². The molecule has 3 nitrogen and oxygen atoms in total. The summed E-state index contributed by atoms with van der Waals surface area (Å²) in [6.45, 7) is 5.33. The molecule has 1 aliphatic rings. The molecule has 5 heteroatoms. The van der Waals surface area contributed by atoms with Crippen molar-refractivity contribution in [3.63, 3.8) is 0 Å². The van der Waals surface area contributed by atoms with Gasteiger partial charge in [0.2, 0.25) is 5.91 Å². The zero-order chi connectivity index (χ0) is 15.8. The molecule has 0 aromatic heterocycles. The maximum atomic E-state index is 13.0. The molecule has 0 aliphatic carbocycles. The highest BCUT2D eigenvalue weighted by molar-refractivity contribution is 5.85. The van der Waals surface area contributed by atoms with Crippen molar-refractivity contribution in [1.82, 2.24) is 10.2 Å². The third-order valence-electron chi connectivity index (χ3n) is 4.28. The summed E-state index contributed by atoms with van der Waals surface area (Å²) in [6, 6.07) is 6.47. The van der Waals surface area contributed by atoms with E-state index >= 15 is 0 Å². The van der Waals surface area contributed by atoms with E-state index in [-0.39, 0.29) is 30.0 Å². The fourth-order valence-corrected chi connectivity index (χ4v) is 2.95. The third-order valence-corrected chi connectivity index (χ3v) is 4.28. The SMILES string of the molecule is CCCCCN(Cc1ccc(F)cc1)C(=O)C1CCCNC1.Cl. The molecule has 0 radical (unpaired) electrons. The van der Waals surface area contributed by atoms with Crippen LogP contribution in [0.1, 0.15) is 44.6 Å². The highest BCUT2D eigenvalue weighted by Crippen LogP contribution is 2.17. The number of nitrogens with one attached hydrogen (secondary N) is 1. The number of halogens is 2. The minimum absolute atomic E-state index is 0. The minimum Gasteiger partial charge on any atom is -0.338 e. The van der Waals surface area contributed by atoms with Crippen molar-refractivity contribution >= 4 is 18.3 Å². The van der Waals surface area contributed by atoms with Crippen LogP contribution < -0.4 is 5.32 Å². The zero-order valence-corrected chi connectivity index (χ0v) is 14.7. The Balaban J connectivity index is 0.00000264. The first kappa shape index (κ1) is 19.9. The molecule has 0 bridgehead atoms. The van der Waals surface area contributed by atoms with Crippen LogP contribution >= 0.6 is 12.4 Å². The minimum atomic E-state index is -0.232. The summed E-state index contributed by atoms with van der Waals surface area (Å²) in [6.07, 6.45) is 5.35. The lowest BCUT2D eigenvalue weighted by atomic mass is 9.97. The van der Waals surface area contributed by atoms with Gasteiger partial charge in [-0.15, -0.1) is 12.4 Å². The molecule has 0 spiro atoms. The molecular weight excluding hydrogens is 315 g/mol. The Hall–Kier alpha value is -1.13. The number of amides is 1. The Morgan fingerprint density at radius 3 is 2.65 bits per heavy atom. The van der Waals surface area contributed by atoms with Crippen LogP contribution in [-0.2, 0) is 11.3 Å². The van der Waals surface area contributed by atoms with Crippen LogP contribution in [0.15, 0.2) is 24.3 Å². The summed E-state index contributed by atoms with van der Waals surface area (Å²) >= 11 is 0.